The summed E-state index contributed by atoms with van der Waals surface area (Å²) in [5.41, 5.74) is 6.45. The number of piperazine rings is 1. The fraction of sp³-hybridized carbons (Fsp3) is 0.750. The van der Waals surface area contributed by atoms with E-state index in [4.69, 9.17) is 5.73 Å². The third-order valence-electron chi connectivity index (χ3n) is 4.74. The molecule has 2 fully saturated rings. The monoisotopic (exact) mass is 293 g/mol. The van der Waals surface area contributed by atoms with Gasteiger partial charge in [-0.05, 0) is 38.3 Å². The van der Waals surface area contributed by atoms with Gasteiger partial charge in [0, 0.05) is 48.0 Å². The van der Waals surface area contributed by atoms with Crippen molar-refractivity contribution >= 4 is 11.3 Å². The first-order valence-corrected chi connectivity index (χ1v) is 8.80. The normalized spacial score (nSPS) is 24.8. The van der Waals surface area contributed by atoms with E-state index in [1.165, 1.54) is 48.8 Å². The highest BCUT2D eigenvalue weighted by Crippen LogP contribution is 2.33. The third-order valence-corrected chi connectivity index (χ3v) is 5.81. The van der Waals surface area contributed by atoms with Crippen molar-refractivity contribution in [2.24, 2.45) is 5.73 Å². The molecule has 1 aliphatic carbocycles. The molecule has 4 heteroatoms. The topological polar surface area (TPSA) is 32.5 Å². The molecule has 0 spiro atoms. The number of nitrogens with zero attached hydrogens (tertiary/aromatic N) is 2. The van der Waals surface area contributed by atoms with E-state index in [0.717, 1.165) is 12.5 Å². The summed E-state index contributed by atoms with van der Waals surface area (Å²) >= 11 is 1.92. The summed E-state index contributed by atoms with van der Waals surface area (Å²) in [4.78, 5) is 8.14. The molecule has 2 atom stereocenters. The minimum absolute atomic E-state index is 0.250. The first kappa shape index (κ1) is 14.5. The highest BCUT2D eigenvalue weighted by atomic mass is 32.1. The Morgan fingerprint density at radius 1 is 1.25 bits per heavy atom. The molecule has 1 saturated heterocycles. The van der Waals surface area contributed by atoms with Crippen molar-refractivity contribution in [1.82, 2.24) is 9.80 Å². The minimum atomic E-state index is 0.250. The molecule has 3 rings (SSSR count). The van der Waals surface area contributed by atoms with Crippen LogP contribution in [-0.2, 0) is 0 Å². The first-order valence-electron chi connectivity index (χ1n) is 7.99. The van der Waals surface area contributed by atoms with Gasteiger partial charge in [0.1, 0.15) is 0 Å². The standard InChI is InChI=1S/C16H27N3S/c1-3-14(17)16(15-7-4-12(2)20-15)19-10-8-18(9-11-19)13-5-6-13/h4,7,13-14,16H,3,5-6,8-11,17H2,1-2H3. The Labute approximate surface area is 126 Å². The minimum Gasteiger partial charge on any atom is -0.326 e. The second-order valence-electron chi connectivity index (χ2n) is 6.27. The van der Waals surface area contributed by atoms with E-state index >= 15 is 0 Å². The fourth-order valence-corrected chi connectivity index (χ4v) is 4.41. The molecule has 1 aromatic heterocycles. The van der Waals surface area contributed by atoms with Crippen molar-refractivity contribution < 1.29 is 0 Å². The zero-order chi connectivity index (χ0) is 14.1. The van der Waals surface area contributed by atoms with Crippen LogP contribution in [0.5, 0.6) is 0 Å². The summed E-state index contributed by atoms with van der Waals surface area (Å²) in [6.07, 6.45) is 3.88. The smallest absolute Gasteiger partial charge is 0.0594 e. The maximum Gasteiger partial charge on any atom is 0.0594 e. The lowest BCUT2D eigenvalue weighted by molar-refractivity contribution is 0.0809. The van der Waals surface area contributed by atoms with Crippen LogP contribution in [0.1, 0.15) is 42.0 Å². The highest BCUT2D eigenvalue weighted by molar-refractivity contribution is 7.12. The van der Waals surface area contributed by atoms with E-state index in [-0.39, 0.29) is 6.04 Å². The van der Waals surface area contributed by atoms with Crippen LogP contribution in [-0.4, -0.2) is 48.1 Å². The molecule has 2 unspecified atom stereocenters. The largest absolute Gasteiger partial charge is 0.326 e. The van der Waals surface area contributed by atoms with Crippen molar-refractivity contribution in [3.8, 4) is 0 Å². The third kappa shape index (κ3) is 3.08. The number of hydrogen-bond donors (Lipinski definition) is 1. The van der Waals surface area contributed by atoms with Crippen molar-refractivity contribution in [2.75, 3.05) is 26.2 Å². The van der Waals surface area contributed by atoms with E-state index in [1.54, 1.807) is 0 Å². The summed E-state index contributed by atoms with van der Waals surface area (Å²) in [5, 5.41) is 0. The Hall–Kier alpha value is -0.420. The van der Waals surface area contributed by atoms with Crippen LogP contribution >= 0.6 is 11.3 Å². The van der Waals surface area contributed by atoms with Crippen molar-refractivity contribution in [2.45, 2.75) is 51.2 Å². The van der Waals surface area contributed by atoms with Crippen molar-refractivity contribution in [3.05, 3.63) is 21.9 Å². The van der Waals surface area contributed by atoms with Crippen molar-refractivity contribution in [1.29, 1.82) is 0 Å². The van der Waals surface area contributed by atoms with Gasteiger partial charge in [-0.2, -0.15) is 0 Å². The van der Waals surface area contributed by atoms with Gasteiger partial charge in [0.15, 0.2) is 0 Å². The molecule has 0 aromatic carbocycles. The Morgan fingerprint density at radius 2 is 1.95 bits per heavy atom. The zero-order valence-corrected chi connectivity index (χ0v) is 13.5. The first-order chi connectivity index (χ1) is 9.69. The maximum absolute atomic E-state index is 6.45. The summed E-state index contributed by atoms with van der Waals surface area (Å²) in [6.45, 7) is 9.19. The van der Waals surface area contributed by atoms with Crippen LogP contribution in [0.4, 0.5) is 0 Å². The van der Waals surface area contributed by atoms with Gasteiger partial charge in [-0.25, -0.2) is 0 Å². The van der Waals surface area contributed by atoms with Crippen LogP contribution in [0.3, 0.4) is 0 Å². The van der Waals surface area contributed by atoms with Gasteiger partial charge in [0.2, 0.25) is 0 Å². The molecule has 0 radical (unpaired) electrons. The van der Waals surface area contributed by atoms with E-state index in [1.807, 2.05) is 11.3 Å². The lowest BCUT2D eigenvalue weighted by Gasteiger charge is -2.41. The van der Waals surface area contributed by atoms with Crippen molar-refractivity contribution in [3.63, 3.8) is 0 Å². The summed E-state index contributed by atoms with van der Waals surface area (Å²) < 4.78 is 0. The average Bonchev–Trinajstić information content (AvgIpc) is 3.23. The molecule has 20 heavy (non-hydrogen) atoms. The van der Waals surface area contributed by atoms with E-state index in [0.29, 0.717) is 6.04 Å². The van der Waals surface area contributed by atoms with Gasteiger partial charge >= 0.3 is 0 Å². The van der Waals surface area contributed by atoms with E-state index < -0.39 is 0 Å². The molecular formula is C16H27N3S. The highest BCUT2D eigenvalue weighted by Gasteiger charge is 2.34. The molecule has 0 amide bonds. The molecule has 0 bridgehead atoms. The zero-order valence-electron chi connectivity index (χ0n) is 12.7. The Balaban J connectivity index is 1.69. The molecule has 112 valence electrons. The van der Waals surface area contributed by atoms with Gasteiger partial charge in [0.25, 0.3) is 0 Å². The van der Waals surface area contributed by atoms with Gasteiger partial charge in [-0.15, -0.1) is 11.3 Å². The Bertz CT molecular complexity index is 433. The lowest BCUT2D eigenvalue weighted by atomic mass is 10.0. The molecule has 1 aliphatic heterocycles. The predicted molar refractivity (Wildman–Crippen MR) is 86.2 cm³/mol. The number of rotatable bonds is 5. The molecule has 2 N–H and O–H groups in total. The lowest BCUT2D eigenvalue weighted by Crippen LogP contribution is -2.51. The van der Waals surface area contributed by atoms with Gasteiger partial charge in [-0.1, -0.05) is 6.92 Å². The molecule has 1 aromatic rings. The summed E-state index contributed by atoms with van der Waals surface area (Å²) in [7, 11) is 0. The maximum atomic E-state index is 6.45. The second-order valence-corrected chi connectivity index (χ2v) is 7.59. The van der Waals surface area contributed by atoms with E-state index in [2.05, 4.69) is 35.8 Å². The number of thiophene rings is 1. The second kappa shape index (κ2) is 6.14. The Morgan fingerprint density at radius 3 is 2.45 bits per heavy atom. The molecular weight excluding hydrogens is 266 g/mol. The number of hydrogen-bond acceptors (Lipinski definition) is 4. The van der Waals surface area contributed by atoms with Gasteiger partial charge in [0.05, 0.1) is 6.04 Å². The molecule has 2 heterocycles. The van der Waals surface area contributed by atoms with Crippen LogP contribution in [0.15, 0.2) is 12.1 Å². The predicted octanol–water partition coefficient (Wildman–Crippen LogP) is 2.61. The number of nitrogens with two attached hydrogens (primary N) is 1. The van der Waals surface area contributed by atoms with E-state index in [9.17, 15) is 0 Å². The van der Waals surface area contributed by atoms with Crippen LogP contribution in [0, 0.1) is 6.92 Å². The summed E-state index contributed by atoms with van der Waals surface area (Å²) in [5.74, 6) is 0. The van der Waals surface area contributed by atoms with Crippen LogP contribution in [0.2, 0.25) is 0 Å². The Kier molecular flexibility index (Phi) is 4.46. The van der Waals surface area contributed by atoms with Gasteiger partial charge < -0.3 is 5.73 Å². The molecule has 2 aliphatic rings. The SMILES string of the molecule is CCC(N)C(c1ccc(C)s1)N1CCN(C2CC2)CC1. The molecule has 3 nitrogen and oxygen atoms in total. The fourth-order valence-electron chi connectivity index (χ4n) is 3.32. The number of aryl methyl sites for hydroxylation is 1. The molecule has 1 saturated carbocycles. The quantitative estimate of drug-likeness (QED) is 0.906. The van der Waals surface area contributed by atoms with Crippen LogP contribution in [0.25, 0.3) is 0 Å². The average molecular weight is 293 g/mol. The van der Waals surface area contributed by atoms with Gasteiger partial charge in [-0.3, -0.25) is 9.80 Å². The summed E-state index contributed by atoms with van der Waals surface area (Å²) in [6, 6.07) is 6.09. The van der Waals surface area contributed by atoms with Crippen LogP contribution < -0.4 is 5.73 Å².